The number of nitrogen functional groups attached to an aromatic ring is 1. The lowest BCUT2D eigenvalue weighted by Crippen LogP contribution is -2.31. The van der Waals surface area contributed by atoms with E-state index in [4.69, 9.17) is 11.0 Å². The maximum Gasteiger partial charge on any atom is 0.255 e. The minimum Gasteiger partial charge on any atom is -0.383 e. The number of nitriles is 1. The van der Waals surface area contributed by atoms with E-state index in [1.54, 1.807) is 14.0 Å². The average Bonchev–Trinajstić information content (AvgIpc) is 2.47. The first-order valence-electron chi connectivity index (χ1n) is 6.33. The number of amides is 1. The summed E-state index contributed by atoms with van der Waals surface area (Å²) in [6.07, 6.45) is 1.49. The molecule has 102 valence electrons. The lowest BCUT2D eigenvalue weighted by Gasteiger charge is -2.19. The number of pyridine rings is 1. The van der Waals surface area contributed by atoms with Crippen LogP contribution in [-0.4, -0.2) is 29.4 Å². The molecule has 1 amide bonds. The highest BCUT2D eigenvalue weighted by Crippen LogP contribution is 2.23. The van der Waals surface area contributed by atoms with Crippen molar-refractivity contribution in [3.8, 4) is 6.07 Å². The first kappa shape index (κ1) is 13.8. The van der Waals surface area contributed by atoms with Crippen LogP contribution in [0.5, 0.6) is 0 Å². The molecule has 0 spiro atoms. The predicted octanol–water partition coefficient (Wildman–Crippen LogP) is 2.05. The monoisotopic (exact) mass is 268 g/mol. The Kier molecular flexibility index (Phi) is 3.85. The van der Waals surface area contributed by atoms with E-state index >= 15 is 0 Å². The van der Waals surface area contributed by atoms with Gasteiger partial charge in [0.25, 0.3) is 5.91 Å². The smallest absolute Gasteiger partial charge is 0.255 e. The molecule has 2 N–H and O–H groups in total. The zero-order chi connectivity index (χ0) is 14.7. The molecule has 0 aliphatic heterocycles. The number of aromatic nitrogens is 1. The topological polar surface area (TPSA) is 83.0 Å². The van der Waals surface area contributed by atoms with Gasteiger partial charge in [0.2, 0.25) is 0 Å². The van der Waals surface area contributed by atoms with Crippen LogP contribution in [0.2, 0.25) is 0 Å². The van der Waals surface area contributed by atoms with E-state index in [0.717, 1.165) is 10.8 Å². The van der Waals surface area contributed by atoms with Crippen molar-refractivity contribution in [3.63, 3.8) is 0 Å². The summed E-state index contributed by atoms with van der Waals surface area (Å²) >= 11 is 0. The molecular formula is C15H16N4O. The Morgan fingerprint density at radius 3 is 2.75 bits per heavy atom. The van der Waals surface area contributed by atoms with Gasteiger partial charge in [-0.2, -0.15) is 5.26 Å². The second-order valence-corrected chi connectivity index (χ2v) is 4.82. The molecule has 5 heteroatoms. The summed E-state index contributed by atoms with van der Waals surface area (Å²) in [6.45, 7) is 2.16. The Balaban J connectivity index is 2.41. The van der Waals surface area contributed by atoms with Crippen LogP contribution in [0, 0.1) is 17.2 Å². The van der Waals surface area contributed by atoms with Crippen molar-refractivity contribution in [2.75, 3.05) is 19.3 Å². The number of nitrogens with zero attached hydrogens (tertiary/aromatic N) is 3. The van der Waals surface area contributed by atoms with Gasteiger partial charge >= 0.3 is 0 Å². The first-order valence-corrected chi connectivity index (χ1v) is 6.33. The standard InChI is InChI=1S/C15H16N4O/c1-10(7-16)9-19(2)15(20)13-8-18-14(17)12-6-4-3-5-11(12)13/h3-6,8,10H,9H2,1-2H3,(H2,17,18). The fraction of sp³-hybridized carbons (Fsp3) is 0.267. The highest BCUT2D eigenvalue weighted by Gasteiger charge is 2.17. The van der Waals surface area contributed by atoms with Gasteiger partial charge in [-0.15, -0.1) is 0 Å². The van der Waals surface area contributed by atoms with Gasteiger partial charge in [-0.1, -0.05) is 24.3 Å². The second-order valence-electron chi connectivity index (χ2n) is 4.82. The maximum absolute atomic E-state index is 12.5. The van der Waals surface area contributed by atoms with Gasteiger partial charge in [0.1, 0.15) is 5.82 Å². The molecule has 1 aromatic heterocycles. The summed E-state index contributed by atoms with van der Waals surface area (Å²) in [5.41, 5.74) is 6.33. The summed E-state index contributed by atoms with van der Waals surface area (Å²) in [6, 6.07) is 9.52. The molecule has 2 rings (SSSR count). The molecule has 2 aromatic rings. The zero-order valence-corrected chi connectivity index (χ0v) is 11.5. The Morgan fingerprint density at radius 1 is 1.45 bits per heavy atom. The number of fused-ring (bicyclic) bond motifs is 1. The number of hydrogen-bond donors (Lipinski definition) is 1. The summed E-state index contributed by atoms with van der Waals surface area (Å²) < 4.78 is 0. The molecule has 5 nitrogen and oxygen atoms in total. The van der Waals surface area contributed by atoms with Crippen molar-refractivity contribution in [1.29, 1.82) is 5.26 Å². The van der Waals surface area contributed by atoms with Crippen LogP contribution in [0.25, 0.3) is 10.8 Å². The number of benzene rings is 1. The Labute approximate surface area is 117 Å². The molecule has 20 heavy (non-hydrogen) atoms. The SMILES string of the molecule is CC(C#N)CN(C)C(=O)c1cnc(N)c2ccccc12. The fourth-order valence-electron chi connectivity index (χ4n) is 2.13. The lowest BCUT2D eigenvalue weighted by atomic mass is 10.1. The number of nitrogens with two attached hydrogens (primary N) is 1. The van der Waals surface area contributed by atoms with Gasteiger partial charge < -0.3 is 10.6 Å². The third-order valence-electron chi connectivity index (χ3n) is 3.17. The summed E-state index contributed by atoms with van der Waals surface area (Å²) in [5, 5.41) is 10.4. The maximum atomic E-state index is 12.5. The molecule has 0 fully saturated rings. The van der Waals surface area contributed by atoms with E-state index in [2.05, 4.69) is 11.1 Å². The number of carbonyl (C=O) groups is 1. The first-order chi connectivity index (χ1) is 9.54. The second kappa shape index (κ2) is 5.57. The Bertz CT molecular complexity index is 690. The zero-order valence-electron chi connectivity index (χ0n) is 11.5. The number of hydrogen-bond acceptors (Lipinski definition) is 4. The third kappa shape index (κ3) is 2.54. The third-order valence-corrected chi connectivity index (χ3v) is 3.17. The van der Waals surface area contributed by atoms with E-state index in [0.29, 0.717) is 17.9 Å². The van der Waals surface area contributed by atoms with Gasteiger partial charge in [-0.05, 0) is 12.3 Å². The number of carbonyl (C=O) groups excluding carboxylic acids is 1. The molecule has 0 saturated heterocycles. The van der Waals surface area contributed by atoms with Crippen LogP contribution in [0.4, 0.5) is 5.82 Å². The molecule has 0 saturated carbocycles. The van der Waals surface area contributed by atoms with Crippen LogP contribution in [0.1, 0.15) is 17.3 Å². The molecule has 1 atom stereocenters. The molecule has 1 unspecified atom stereocenters. The largest absolute Gasteiger partial charge is 0.383 e. The summed E-state index contributed by atoms with van der Waals surface area (Å²) in [7, 11) is 1.68. The molecule has 1 aromatic carbocycles. The predicted molar refractivity (Wildman–Crippen MR) is 77.9 cm³/mol. The van der Waals surface area contributed by atoms with Crippen molar-refractivity contribution >= 4 is 22.5 Å². The fourth-order valence-corrected chi connectivity index (χ4v) is 2.13. The summed E-state index contributed by atoms with van der Waals surface area (Å²) in [4.78, 5) is 18.1. The van der Waals surface area contributed by atoms with Crippen molar-refractivity contribution in [1.82, 2.24) is 9.88 Å². The van der Waals surface area contributed by atoms with Crippen molar-refractivity contribution in [2.45, 2.75) is 6.92 Å². The molecule has 1 heterocycles. The highest BCUT2D eigenvalue weighted by atomic mass is 16.2. The quantitative estimate of drug-likeness (QED) is 0.923. The van der Waals surface area contributed by atoms with E-state index in [-0.39, 0.29) is 11.8 Å². The van der Waals surface area contributed by atoms with Gasteiger partial charge in [-0.3, -0.25) is 4.79 Å². The van der Waals surface area contributed by atoms with Crippen LogP contribution >= 0.6 is 0 Å². The van der Waals surface area contributed by atoms with Crippen LogP contribution < -0.4 is 5.73 Å². The van der Waals surface area contributed by atoms with Crippen molar-refractivity contribution in [2.24, 2.45) is 5.92 Å². The van der Waals surface area contributed by atoms with Crippen molar-refractivity contribution in [3.05, 3.63) is 36.0 Å². The normalized spacial score (nSPS) is 11.8. The Morgan fingerprint density at radius 2 is 2.10 bits per heavy atom. The van der Waals surface area contributed by atoms with E-state index < -0.39 is 0 Å². The van der Waals surface area contributed by atoms with E-state index in [1.807, 2.05) is 24.3 Å². The summed E-state index contributed by atoms with van der Waals surface area (Å²) in [5.74, 6) is 0.0398. The minimum atomic E-state index is -0.211. The van der Waals surface area contributed by atoms with Crippen LogP contribution in [0.15, 0.2) is 30.5 Å². The Hall–Kier alpha value is -2.61. The molecular weight excluding hydrogens is 252 g/mol. The van der Waals surface area contributed by atoms with Crippen LogP contribution in [-0.2, 0) is 0 Å². The van der Waals surface area contributed by atoms with Gasteiger partial charge in [0.05, 0.1) is 17.6 Å². The molecule has 0 aliphatic carbocycles. The number of anilines is 1. The van der Waals surface area contributed by atoms with Gasteiger partial charge in [0.15, 0.2) is 0 Å². The van der Waals surface area contributed by atoms with E-state index in [9.17, 15) is 4.79 Å². The molecule has 0 bridgehead atoms. The van der Waals surface area contributed by atoms with Crippen LogP contribution in [0.3, 0.4) is 0 Å². The lowest BCUT2D eigenvalue weighted by molar-refractivity contribution is 0.0786. The number of rotatable bonds is 3. The molecule has 0 aliphatic rings. The average molecular weight is 268 g/mol. The highest BCUT2D eigenvalue weighted by molar-refractivity contribution is 6.08. The van der Waals surface area contributed by atoms with Gasteiger partial charge in [-0.25, -0.2) is 4.98 Å². The van der Waals surface area contributed by atoms with Gasteiger partial charge in [0, 0.05) is 25.2 Å². The minimum absolute atomic E-state index is 0.157. The van der Waals surface area contributed by atoms with Crippen molar-refractivity contribution < 1.29 is 4.79 Å². The van der Waals surface area contributed by atoms with E-state index in [1.165, 1.54) is 11.1 Å². The molecule has 0 radical (unpaired) electrons.